The topological polar surface area (TPSA) is 3.24 Å². The molecule has 1 fully saturated rings. The van der Waals surface area contributed by atoms with Gasteiger partial charge in [-0.2, -0.15) is 0 Å². The van der Waals surface area contributed by atoms with Crippen LogP contribution in [0.25, 0.3) is 27.6 Å². The van der Waals surface area contributed by atoms with Crippen LogP contribution >= 0.6 is 0 Å². The molecule has 24 heavy (non-hydrogen) atoms. The highest BCUT2D eigenvalue weighted by Crippen LogP contribution is 2.37. The standard InChI is InChI=1S/C23H23N/c1-2-8-17(9-3-1)24-15-14-22-20-12-5-4-10-18(20)19-11-6-7-13-21(19)23(22)16-24/h4-7,10-15,17H,1-3,8-9,16H2. The third-order valence-electron chi connectivity index (χ3n) is 5.90. The predicted octanol–water partition coefficient (Wildman–Crippen LogP) is 6.11. The first-order valence-electron chi connectivity index (χ1n) is 9.28. The van der Waals surface area contributed by atoms with Crippen molar-refractivity contribution in [2.75, 3.05) is 0 Å². The molecule has 0 N–H and O–H groups in total. The van der Waals surface area contributed by atoms with Crippen molar-refractivity contribution in [2.45, 2.75) is 44.7 Å². The summed E-state index contributed by atoms with van der Waals surface area (Å²) in [5, 5.41) is 5.59. The summed E-state index contributed by atoms with van der Waals surface area (Å²) >= 11 is 0. The van der Waals surface area contributed by atoms with Crippen molar-refractivity contribution in [3.05, 3.63) is 65.9 Å². The van der Waals surface area contributed by atoms with E-state index in [4.69, 9.17) is 0 Å². The molecule has 120 valence electrons. The van der Waals surface area contributed by atoms with Gasteiger partial charge in [0.1, 0.15) is 0 Å². The molecule has 1 aliphatic heterocycles. The predicted molar refractivity (Wildman–Crippen MR) is 103 cm³/mol. The minimum atomic E-state index is 0.730. The van der Waals surface area contributed by atoms with Gasteiger partial charge in [0.15, 0.2) is 0 Å². The van der Waals surface area contributed by atoms with Crippen molar-refractivity contribution in [3.63, 3.8) is 0 Å². The Balaban J connectivity index is 1.70. The number of hydrogen-bond acceptors (Lipinski definition) is 1. The van der Waals surface area contributed by atoms with Gasteiger partial charge in [0.2, 0.25) is 0 Å². The van der Waals surface area contributed by atoms with Crippen molar-refractivity contribution < 1.29 is 0 Å². The molecule has 3 aromatic carbocycles. The Morgan fingerprint density at radius 1 is 0.708 bits per heavy atom. The molecule has 1 saturated carbocycles. The monoisotopic (exact) mass is 313 g/mol. The van der Waals surface area contributed by atoms with Gasteiger partial charge in [-0.15, -0.1) is 0 Å². The highest BCUT2D eigenvalue weighted by molar-refractivity contribution is 6.12. The quantitative estimate of drug-likeness (QED) is 0.490. The van der Waals surface area contributed by atoms with Crippen molar-refractivity contribution in [1.82, 2.24) is 4.90 Å². The van der Waals surface area contributed by atoms with Gasteiger partial charge in [0, 0.05) is 18.8 Å². The number of rotatable bonds is 1. The maximum Gasteiger partial charge on any atom is 0.0439 e. The van der Waals surface area contributed by atoms with E-state index in [1.54, 1.807) is 0 Å². The van der Waals surface area contributed by atoms with Crippen LogP contribution in [0, 0.1) is 0 Å². The minimum absolute atomic E-state index is 0.730. The van der Waals surface area contributed by atoms with Crippen LogP contribution in [0.15, 0.2) is 54.7 Å². The first-order valence-corrected chi connectivity index (χ1v) is 9.28. The minimum Gasteiger partial charge on any atom is -0.370 e. The molecule has 0 aromatic heterocycles. The van der Waals surface area contributed by atoms with Crippen LogP contribution in [0.1, 0.15) is 43.2 Å². The summed E-state index contributed by atoms with van der Waals surface area (Å²) < 4.78 is 0. The van der Waals surface area contributed by atoms with Crippen molar-refractivity contribution in [3.8, 4) is 0 Å². The molecule has 0 saturated heterocycles. The van der Waals surface area contributed by atoms with Crippen LogP contribution in [-0.2, 0) is 6.54 Å². The molecule has 0 amide bonds. The maximum absolute atomic E-state index is 2.60. The molecule has 1 aliphatic carbocycles. The van der Waals surface area contributed by atoms with Gasteiger partial charge < -0.3 is 4.90 Å². The van der Waals surface area contributed by atoms with Crippen molar-refractivity contribution in [1.29, 1.82) is 0 Å². The van der Waals surface area contributed by atoms with Crippen LogP contribution in [0.3, 0.4) is 0 Å². The lowest BCUT2D eigenvalue weighted by molar-refractivity contribution is 0.211. The number of fused-ring (bicyclic) bond motifs is 6. The average molecular weight is 313 g/mol. The molecule has 2 aliphatic rings. The fourth-order valence-electron chi connectivity index (χ4n) is 4.67. The van der Waals surface area contributed by atoms with Crippen LogP contribution in [0.2, 0.25) is 0 Å². The van der Waals surface area contributed by atoms with E-state index in [0.29, 0.717) is 0 Å². The molecular weight excluding hydrogens is 290 g/mol. The van der Waals surface area contributed by atoms with E-state index in [2.05, 4.69) is 65.7 Å². The highest BCUT2D eigenvalue weighted by Gasteiger charge is 2.23. The summed E-state index contributed by atoms with van der Waals surface area (Å²) in [5.41, 5.74) is 2.94. The zero-order chi connectivity index (χ0) is 15.9. The smallest absolute Gasteiger partial charge is 0.0439 e. The first kappa shape index (κ1) is 14.1. The first-order chi connectivity index (χ1) is 11.9. The molecule has 0 spiro atoms. The van der Waals surface area contributed by atoms with Crippen LogP contribution in [0.4, 0.5) is 0 Å². The molecule has 1 heteroatoms. The number of nitrogens with zero attached hydrogens (tertiary/aromatic N) is 1. The highest BCUT2D eigenvalue weighted by atomic mass is 15.1. The second-order valence-electron chi connectivity index (χ2n) is 7.26. The Hall–Kier alpha value is -2.28. The van der Waals surface area contributed by atoms with Gasteiger partial charge >= 0.3 is 0 Å². The van der Waals surface area contributed by atoms with Crippen LogP contribution < -0.4 is 0 Å². The molecule has 0 bridgehead atoms. The van der Waals surface area contributed by atoms with E-state index in [0.717, 1.165) is 12.6 Å². The van der Waals surface area contributed by atoms with Gasteiger partial charge in [-0.25, -0.2) is 0 Å². The second-order valence-corrected chi connectivity index (χ2v) is 7.26. The Morgan fingerprint density at radius 2 is 1.33 bits per heavy atom. The molecule has 0 radical (unpaired) electrons. The third kappa shape index (κ3) is 2.15. The summed E-state index contributed by atoms with van der Waals surface area (Å²) in [6.07, 6.45) is 11.6. The number of hydrogen-bond donors (Lipinski definition) is 0. The van der Waals surface area contributed by atoms with E-state index >= 15 is 0 Å². The van der Waals surface area contributed by atoms with Crippen LogP contribution in [0.5, 0.6) is 0 Å². The van der Waals surface area contributed by atoms with Crippen molar-refractivity contribution >= 4 is 27.6 Å². The van der Waals surface area contributed by atoms with E-state index in [-0.39, 0.29) is 0 Å². The lowest BCUT2D eigenvalue weighted by Gasteiger charge is -2.36. The lowest BCUT2D eigenvalue weighted by atomic mass is 9.88. The Labute approximate surface area is 143 Å². The van der Waals surface area contributed by atoms with Gasteiger partial charge in [-0.3, -0.25) is 0 Å². The fraction of sp³-hybridized carbons (Fsp3) is 0.304. The SMILES string of the molecule is C1=CN(C2CCCCC2)Cc2c1c1ccccc1c1ccccc21. The zero-order valence-electron chi connectivity index (χ0n) is 14.0. The lowest BCUT2D eigenvalue weighted by Crippen LogP contribution is -2.33. The van der Waals surface area contributed by atoms with Gasteiger partial charge in [-0.1, -0.05) is 67.8 Å². The molecule has 0 unspecified atom stereocenters. The largest absolute Gasteiger partial charge is 0.370 e. The van der Waals surface area contributed by atoms with E-state index < -0.39 is 0 Å². The summed E-state index contributed by atoms with van der Waals surface area (Å²) in [6.45, 7) is 1.06. The second kappa shape index (κ2) is 5.66. The summed E-state index contributed by atoms with van der Waals surface area (Å²) in [4.78, 5) is 2.60. The maximum atomic E-state index is 2.60. The van der Waals surface area contributed by atoms with E-state index in [9.17, 15) is 0 Å². The Kier molecular flexibility index (Phi) is 3.33. The van der Waals surface area contributed by atoms with Gasteiger partial charge in [-0.05, 0) is 51.6 Å². The van der Waals surface area contributed by atoms with Gasteiger partial charge in [0.25, 0.3) is 0 Å². The summed E-state index contributed by atoms with van der Waals surface area (Å²) in [7, 11) is 0. The zero-order valence-corrected chi connectivity index (χ0v) is 14.0. The molecule has 0 atom stereocenters. The molecule has 5 rings (SSSR count). The number of benzene rings is 3. The fourth-order valence-corrected chi connectivity index (χ4v) is 4.67. The Morgan fingerprint density at radius 3 is 2.08 bits per heavy atom. The normalized spacial score (nSPS) is 18.2. The summed E-state index contributed by atoms with van der Waals surface area (Å²) in [5.74, 6) is 0. The summed E-state index contributed by atoms with van der Waals surface area (Å²) in [6, 6.07) is 18.5. The molecule has 3 aromatic rings. The van der Waals surface area contributed by atoms with E-state index in [1.165, 1.54) is 64.8 Å². The molecular formula is C23H23N. The molecule has 1 heterocycles. The van der Waals surface area contributed by atoms with Crippen molar-refractivity contribution in [2.24, 2.45) is 0 Å². The molecule has 1 nitrogen and oxygen atoms in total. The third-order valence-corrected chi connectivity index (χ3v) is 5.90. The Bertz CT molecular complexity index is 931. The van der Waals surface area contributed by atoms with Crippen LogP contribution in [-0.4, -0.2) is 10.9 Å². The van der Waals surface area contributed by atoms with E-state index in [1.807, 2.05) is 0 Å². The average Bonchev–Trinajstić information content (AvgIpc) is 2.68. The van der Waals surface area contributed by atoms with Gasteiger partial charge in [0.05, 0.1) is 0 Å².